The van der Waals surface area contributed by atoms with E-state index >= 15 is 0 Å². The Morgan fingerprint density at radius 2 is 1.16 bits per heavy atom. The predicted molar refractivity (Wildman–Crippen MR) is 166 cm³/mol. The molecule has 0 fully saturated rings. The van der Waals surface area contributed by atoms with E-state index in [1.165, 1.54) is 72.1 Å². The summed E-state index contributed by atoms with van der Waals surface area (Å²) in [6, 6.07) is 40.4. The summed E-state index contributed by atoms with van der Waals surface area (Å²) >= 11 is 1.46. The second-order valence-electron chi connectivity index (χ2n) is 9.36. The third-order valence-corrected chi connectivity index (χ3v) is 7.48. The van der Waals surface area contributed by atoms with Crippen molar-refractivity contribution in [3.63, 3.8) is 0 Å². The Morgan fingerprint density at radius 3 is 1.58 bits per heavy atom. The molecule has 0 aromatic heterocycles. The van der Waals surface area contributed by atoms with Gasteiger partial charge in [0.2, 0.25) is 0 Å². The summed E-state index contributed by atoms with van der Waals surface area (Å²) < 4.78 is 1.42. The van der Waals surface area contributed by atoms with Crippen LogP contribution in [0.1, 0.15) is 37.8 Å². The average molecular weight is 574 g/mol. The standard InChI is InChI=1S/C13H9.C13H10.C9H13.2CH3.Zr/c1-3-7-12-10(5-1)9-11-6-2-4-8-13(11)12;1-3-7-12(8-4-1)11-13-9-5-2-6-10-13;1-8(2)7-9-5-3-4-6-9;;;/h1-9H;1-10H;5-6,8H,3,7H2,1-2H3;2*1H3;/q-1;;3*-1;. The third-order valence-electron chi connectivity index (χ3n) is 6.06. The minimum atomic E-state index is 0. The largest absolute Gasteiger partial charge is 0.126 e. The molecule has 6 rings (SSSR count). The molecule has 1 aliphatic rings. The van der Waals surface area contributed by atoms with E-state index in [1.807, 2.05) is 0 Å². The first-order chi connectivity index (χ1) is 17.6. The molecule has 0 bridgehead atoms. The van der Waals surface area contributed by atoms with Crippen molar-refractivity contribution in [2.24, 2.45) is 5.92 Å². The molecule has 5 aromatic rings. The van der Waals surface area contributed by atoms with Crippen molar-refractivity contribution in [1.29, 1.82) is 0 Å². The second-order valence-corrected chi connectivity index (χ2v) is 10.6. The third kappa shape index (κ3) is 8.78. The van der Waals surface area contributed by atoms with Gasteiger partial charge in [0.25, 0.3) is 0 Å². The fourth-order valence-corrected chi connectivity index (χ4v) is 5.15. The van der Waals surface area contributed by atoms with Gasteiger partial charge < -0.3 is 14.9 Å². The van der Waals surface area contributed by atoms with Gasteiger partial charge in [0, 0.05) is 0 Å². The van der Waals surface area contributed by atoms with E-state index in [2.05, 4.69) is 147 Å². The minimum absolute atomic E-state index is 0. The Bertz CT molecular complexity index is 1360. The second kappa shape index (κ2) is 16.1. The van der Waals surface area contributed by atoms with Crippen molar-refractivity contribution in [1.82, 2.24) is 0 Å². The first kappa shape index (κ1) is 31.2. The van der Waals surface area contributed by atoms with Crippen molar-refractivity contribution in [3.05, 3.63) is 165 Å². The molecule has 0 aliphatic heterocycles. The fraction of sp³-hybridized carbons (Fsp3) is 0.135. The molecule has 38 heavy (non-hydrogen) atoms. The number of hydrogen-bond donors (Lipinski definition) is 0. The van der Waals surface area contributed by atoms with E-state index in [0.717, 1.165) is 12.3 Å². The summed E-state index contributed by atoms with van der Waals surface area (Å²) in [4.78, 5) is 0. The molecule has 1 aliphatic carbocycles. The van der Waals surface area contributed by atoms with E-state index in [0.29, 0.717) is 0 Å². The first-order valence-corrected chi connectivity index (χ1v) is 13.8. The summed E-state index contributed by atoms with van der Waals surface area (Å²) in [5.74, 6) is 0.785. The average Bonchev–Trinajstić information content (AvgIpc) is 3.57. The van der Waals surface area contributed by atoms with Gasteiger partial charge in [0.05, 0.1) is 0 Å². The van der Waals surface area contributed by atoms with Crippen molar-refractivity contribution >= 4 is 24.8 Å². The van der Waals surface area contributed by atoms with E-state index in [4.69, 9.17) is 0 Å². The maximum Gasteiger partial charge on any atom is -0.0771 e. The molecule has 0 atom stereocenters. The summed E-state index contributed by atoms with van der Waals surface area (Å²) in [5.41, 5.74) is 4.12. The van der Waals surface area contributed by atoms with Gasteiger partial charge in [0.15, 0.2) is 0 Å². The van der Waals surface area contributed by atoms with Crippen LogP contribution in [0, 0.1) is 26.8 Å². The van der Waals surface area contributed by atoms with E-state index in [1.54, 1.807) is 0 Å². The van der Waals surface area contributed by atoms with Crippen molar-refractivity contribution in [2.75, 3.05) is 0 Å². The van der Waals surface area contributed by atoms with Gasteiger partial charge >= 0.3 is 99.2 Å². The van der Waals surface area contributed by atoms with Crippen LogP contribution in [0.5, 0.6) is 0 Å². The Hall–Kier alpha value is -3.02. The van der Waals surface area contributed by atoms with Crippen LogP contribution in [0.15, 0.2) is 133 Å². The van der Waals surface area contributed by atoms with Gasteiger partial charge in [-0.3, -0.25) is 6.08 Å². The van der Waals surface area contributed by atoms with Crippen molar-refractivity contribution in [2.45, 2.75) is 26.7 Å². The van der Waals surface area contributed by atoms with Gasteiger partial charge in [-0.1, -0.05) is 62.6 Å². The van der Waals surface area contributed by atoms with Crippen LogP contribution in [-0.2, 0) is 24.2 Å². The van der Waals surface area contributed by atoms with Crippen LogP contribution < -0.4 is 0 Å². The topological polar surface area (TPSA) is 0 Å². The van der Waals surface area contributed by atoms with E-state index < -0.39 is 0 Å². The van der Waals surface area contributed by atoms with Crippen LogP contribution >= 0.6 is 0 Å². The molecule has 0 N–H and O–H groups in total. The molecule has 5 aromatic carbocycles. The van der Waals surface area contributed by atoms with Crippen molar-refractivity contribution in [3.8, 4) is 0 Å². The Kier molecular flexibility index (Phi) is 13.2. The van der Waals surface area contributed by atoms with Gasteiger partial charge in [0.1, 0.15) is 0 Å². The fourth-order valence-electron chi connectivity index (χ4n) is 4.33. The summed E-state index contributed by atoms with van der Waals surface area (Å²) in [6.45, 7) is 4.49. The molecule has 0 radical (unpaired) electrons. The normalized spacial score (nSPS) is 11.4. The van der Waals surface area contributed by atoms with Crippen LogP contribution in [-0.4, -0.2) is 3.21 Å². The molecule has 0 saturated carbocycles. The van der Waals surface area contributed by atoms with Gasteiger partial charge in [-0.2, -0.15) is 6.08 Å². The maximum absolute atomic E-state index is 3.16. The zero-order valence-corrected chi connectivity index (χ0v) is 25.6. The number of rotatable bonds is 4. The summed E-state index contributed by atoms with van der Waals surface area (Å²) in [6.07, 6.45) is 9.77. The number of hydrogen-bond acceptors (Lipinski definition) is 0. The molecule has 194 valence electrons. The van der Waals surface area contributed by atoms with Crippen LogP contribution in [0.25, 0.3) is 21.5 Å². The Balaban J connectivity index is 0.000000200. The Morgan fingerprint density at radius 1 is 0.711 bits per heavy atom. The quantitative estimate of drug-likeness (QED) is 0.188. The van der Waals surface area contributed by atoms with Gasteiger partial charge in [-0.25, -0.2) is 11.6 Å². The van der Waals surface area contributed by atoms with Crippen LogP contribution in [0.2, 0.25) is 0 Å². The summed E-state index contributed by atoms with van der Waals surface area (Å²) in [5, 5.41) is 5.39. The molecule has 0 nitrogen and oxygen atoms in total. The molecule has 0 saturated heterocycles. The van der Waals surface area contributed by atoms with Crippen molar-refractivity contribution < 1.29 is 24.2 Å². The minimum Gasteiger partial charge on any atom is -0.126 e. The SMILES string of the molecule is CC(C)CC1=CC[C-]=C1.[CH3-].[CH3-].[Zr]=[C](c1ccccc1)c1ccccc1.c1ccc2c(c1)[cH-]c1ccccc12. The number of benzene rings is 4. The maximum atomic E-state index is 3.16. The smallest absolute Gasteiger partial charge is 0.0771 e. The number of allylic oxidation sites excluding steroid dienone is 4. The molecule has 0 unspecified atom stereocenters. The number of fused-ring (bicyclic) bond motifs is 3. The van der Waals surface area contributed by atoms with E-state index in [-0.39, 0.29) is 14.9 Å². The monoisotopic (exact) mass is 572 g/mol. The summed E-state index contributed by atoms with van der Waals surface area (Å²) in [7, 11) is 0. The molecule has 0 spiro atoms. The molecule has 0 amide bonds. The van der Waals surface area contributed by atoms with Gasteiger partial charge in [-0.05, 0) is 0 Å². The zero-order valence-electron chi connectivity index (χ0n) is 23.1. The first-order valence-electron chi connectivity index (χ1n) is 12.6. The molecular weight excluding hydrogens is 536 g/mol. The molecular formula is C37H38Zr-4. The van der Waals surface area contributed by atoms with E-state index in [9.17, 15) is 0 Å². The van der Waals surface area contributed by atoms with Gasteiger partial charge in [-0.15, -0.1) is 46.2 Å². The molecule has 0 heterocycles. The molecule has 1 heteroatoms. The van der Waals surface area contributed by atoms with Crippen LogP contribution in [0.3, 0.4) is 0 Å². The Labute approximate surface area is 245 Å². The zero-order chi connectivity index (χ0) is 25.2. The van der Waals surface area contributed by atoms with Crippen LogP contribution in [0.4, 0.5) is 0 Å². The predicted octanol–water partition coefficient (Wildman–Crippen LogP) is 10.1.